The maximum absolute atomic E-state index is 5.53. The van der Waals surface area contributed by atoms with E-state index in [-0.39, 0.29) is 0 Å². The van der Waals surface area contributed by atoms with Crippen LogP contribution in [0.2, 0.25) is 0 Å². The number of nitrogens with two attached hydrogens (primary N) is 1. The van der Waals surface area contributed by atoms with Crippen LogP contribution in [0, 0.1) is 0 Å². The zero-order valence-corrected chi connectivity index (χ0v) is 8.76. The number of nitrogens with one attached hydrogen (secondary N) is 1. The molecule has 1 fully saturated rings. The molecule has 3 heteroatoms. The second-order valence-corrected chi connectivity index (χ2v) is 3.82. The molecule has 1 unspecified atom stereocenters. The van der Waals surface area contributed by atoms with Gasteiger partial charge >= 0.3 is 0 Å². The zero-order chi connectivity index (χ0) is 9.52. The van der Waals surface area contributed by atoms with Gasteiger partial charge in [0, 0.05) is 12.6 Å². The van der Waals surface area contributed by atoms with Gasteiger partial charge in [0.1, 0.15) is 0 Å². The predicted molar refractivity (Wildman–Crippen MR) is 56.8 cm³/mol. The lowest BCUT2D eigenvalue weighted by atomic mass is 10.2. The molecule has 1 aliphatic heterocycles. The molecule has 1 atom stereocenters. The molecule has 1 heterocycles. The molecular weight excluding hydrogens is 162 g/mol. The number of hydrogen-bond acceptors (Lipinski definition) is 3. The molecule has 13 heavy (non-hydrogen) atoms. The van der Waals surface area contributed by atoms with Crippen molar-refractivity contribution < 1.29 is 0 Å². The summed E-state index contributed by atoms with van der Waals surface area (Å²) in [6.07, 6.45) is 3.70. The summed E-state index contributed by atoms with van der Waals surface area (Å²) in [6, 6.07) is 0.770. The summed E-state index contributed by atoms with van der Waals surface area (Å²) < 4.78 is 0. The SMILES string of the molecule is CCCN(CCCN)C1CCNC1. The van der Waals surface area contributed by atoms with Crippen molar-refractivity contribution in [3.8, 4) is 0 Å². The lowest BCUT2D eigenvalue weighted by Gasteiger charge is -2.27. The van der Waals surface area contributed by atoms with E-state index in [9.17, 15) is 0 Å². The first-order chi connectivity index (χ1) is 6.38. The molecule has 0 aliphatic carbocycles. The van der Waals surface area contributed by atoms with Gasteiger partial charge in [0.15, 0.2) is 0 Å². The summed E-state index contributed by atoms with van der Waals surface area (Å²) in [5, 5.41) is 3.41. The van der Waals surface area contributed by atoms with E-state index in [2.05, 4.69) is 17.1 Å². The van der Waals surface area contributed by atoms with Crippen molar-refractivity contribution in [1.82, 2.24) is 10.2 Å². The molecule has 0 aromatic rings. The van der Waals surface area contributed by atoms with Gasteiger partial charge < -0.3 is 11.1 Å². The summed E-state index contributed by atoms with van der Waals surface area (Å²) in [7, 11) is 0. The van der Waals surface area contributed by atoms with Gasteiger partial charge in [-0.15, -0.1) is 0 Å². The van der Waals surface area contributed by atoms with Crippen molar-refractivity contribution in [3.05, 3.63) is 0 Å². The molecular formula is C10H23N3. The molecule has 0 radical (unpaired) electrons. The summed E-state index contributed by atoms with van der Waals surface area (Å²) in [5.41, 5.74) is 5.53. The minimum atomic E-state index is 0.770. The molecule has 0 amide bonds. The van der Waals surface area contributed by atoms with E-state index < -0.39 is 0 Å². The van der Waals surface area contributed by atoms with Gasteiger partial charge in [-0.2, -0.15) is 0 Å². The van der Waals surface area contributed by atoms with Crippen molar-refractivity contribution in [1.29, 1.82) is 0 Å². The topological polar surface area (TPSA) is 41.3 Å². The van der Waals surface area contributed by atoms with Crippen molar-refractivity contribution in [2.75, 3.05) is 32.7 Å². The quantitative estimate of drug-likeness (QED) is 0.630. The van der Waals surface area contributed by atoms with E-state index in [0.29, 0.717) is 0 Å². The Morgan fingerprint density at radius 1 is 1.46 bits per heavy atom. The van der Waals surface area contributed by atoms with Crippen LogP contribution in [0.25, 0.3) is 0 Å². The van der Waals surface area contributed by atoms with E-state index in [1.165, 1.54) is 39.0 Å². The normalized spacial score (nSPS) is 22.8. The largest absolute Gasteiger partial charge is 0.330 e. The first-order valence-corrected chi connectivity index (χ1v) is 5.53. The lowest BCUT2D eigenvalue weighted by molar-refractivity contribution is 0.207. The molecule has 3 N–H and O–H groups in total. The minimum Gasteiger partial charge on any atom is -0.330 e. The molecule has 0 spiro atoms. The maximum Gasteiger partial charge on any atom is 0.0232 e. The van der Waals surface area contributed by atoms with Crippen LogP contribution < -0.4 is 11.1 Å². The monoisotopic (exact) mass is 185 g/mol. The summed E-state index contributed by atoms with van der Waals surface area (Å²) >= 11 is 0. The minimum absolute atomic E-state index is 0.770. The summed E-state index contributed by atoms with van der Waals surface area (Å²) in [5.74, 6) is 0. The third-order valence-electron chi connectivity index (χ3n) is 2.71. The van der Waals surface area contributed by atoms with Crippen molar-refractivity contribution in [2.45, 2.75) is 32.2 Å². The number of nitrogens with zero attached hydrogens (tertiary/aromatic N) is 1. The maximum atomic E-state index is 5.53. The van der Waals surface area contributed by atoms with E-state index in [4.69, 9.17) is 5.73 Å². The van der Waals surface area contributed by atoms with Crippen LogP contribution in [0.1, 0.15) is 26.2 Å². The van der Waals surface area contributed by atoms with E-state index >= 15 is 0 Å². The van der Waals surface area contributed by atoms with Gasteiger partial charge in [0.2, 0.25) is 0 Å². The molecule has 0 saturated carbocycles. The van der Waals surface area contributed by atoms with E-state index in [1.807, 2.05) is 0 Å². The summed E-state index contributed by atoms with van der Waals surface area (Å²) in [4.78, 5) is 2.59. The third-order valence-corrected chi connectivity index (χ3v) is 2.71. The first kappa shape index (κ1) is 11.0. The highest BCUT2D eigenvalue weighted by atomic mass is 15.2. The Balaban J connectivity index is 2.26. The zero-order valence-electron chi connectivity index (χ0n) is 8.76. The van der Waals surface area contributed by atoms with Gasteiger partial charge in [-0.3, -0.25) is 4.90 Å². The second-order valence-electron chi connectivity index (χ2n) is 3.82. The number of rotatable bonds is 6. The van der Waals surface area contributed by atoms with Crippen LogP contribution in [0.4, 0.5) is 0 Å². The van der Waals surface area contributed by atoms with E-state index in [1.54, 1.807) is 0 Å². The Bertz CT molecular complexity index is 121. The Kier molecular flexibility index (Phi) is 5.35. The highest BCUT2D eigenvalue weighted by Gasteiger charge is 2.20. The fourth-order valence-electron chi connectivity index (χ4n) is 2.01. The van der Waals surface area contributed by atoms with Gasteiger partial charge in [0.25, 0.3) is 0 Å². The third kappa shape index (κ3) is 3.63. The first-order valence-electron chi connectivity index (χ1n) is 5.53. The average molecular weight is 185 g/mol. The Labute approximate surface area is 81.7 Å². The average Bonchev–Trinajstić information content (AvgIpc) is 2.65. The molecule has 78 valence electrons. The molecule has 1 aliphatic rings. The van der Waals surface area contributed by atoms with Crippen molar-refractivity contribution in [3.63, 3.8) is 0 Å². The van der Waals surface area contributed by atoms with Gasteiger partial charge in [-0.25, -0.2) is 0 Å². The molecule has 0 aromatic carbocycles. The molecule has 1 saturated heterocycles. The Morgan fingerprint density at radius 3 is 2.85 bits per heavy atom. The molecule has 1 rings (SSSR count). The highest BCUT2D eigenvalue weighted by molar-refractivity contribution is 4.80. The fraction of sp³-hybridized carbons (Fsp3) is 1.00. The van der Waals surface area contributed by atoms with Crippen LogP contribution in [0.5, 0.6) is 0 Å². The van der Waals surface area contributed by atoms with Crippen LogP contribution in [-0.2, 0) is 0 Å². The van der Waals surface area contributed by atoms with Gasteiger partial charge in [-0.05, 0) is 45.4 Å². The van der Waals surface area contributed by atoms with Gasteiger partial charge in [-0.1, -0.05) is 6.92 Å². The number of hydrogen-bond donors (Lipinski definition) is 2. The lowest BCUT2D eigenvalue weighted by Crippen LogP contribution is -2.38. The summed E-state index contributed by atoms with van der Waals surface area (Å²) in [6.45, 7) is 7.83. The fourth-order valence-corrected chi connectivity index (χ4v) is 2.01. The van der Waals surface area contributed by atoms with Crippen LogP contribution >= 0.6 is 0 Å². The van der Waals surface area contributed by atoms with Crippen LogP contribution in [0.15, 0.2) is 0 Å². The van der Waals surface area contributed by atoms with Crippen LogP contribution in [-0.4, -0.2) is 43.7 Å². The molecule has 0 bridgehead atoms. The Hall–Kier alpha value is -0.120. The predicted octanol–water partition coefficient (Wildman–Crippen LogP) is 0.409. The standard InChI is InChI=1S/C10H23N3/c1-2-7-13(8-3-5-11)10-4-6-12-9-10/h10,12H,2-9,11H2,1H3. The van der Waals surface area contributed by atoms with E-state index in [0.717, 1.165) is 19.0 Å². The highest BCUT2D eigenvalue weighted by Crippen LogP contribution is 2.09. The Morgan fingerprint density at radius 2 is 2.31 bits per heavy atom. The smallest absolute Gasteiger partial charge is 0.0232 e. The van der Waals surface area contributed by atoms with Gasteiger partial charge in [0.05, 0.1) is 0 Å². The second kappa shape index (κ2) is 6.35. The molecule has 0 aromatic heterocycles. The van der Waals surface area contributed by atoms with Crippen LogP contribution in [0.3, 0.4) is 0 Å². The van der Waals surface area contributed by atoms with Crippen molar-refractivity contribution in [2.24, 2.45) is 5.73 Å². The molecule has 3 nitrogen and oxygen atoms in total. The van der Waals surface area contributed by atoms with Crippen molar-refractivity contribution >= 4 is 0 Å².